The van der Waals surface area contributed by atoms with Gasteiger partial charge in [0.2, 0.25) is 0 Å². The highest BCUT2D eigenvalue weighted by atomic mass is 16.4. The van der Waals surface area contributed by atoms with E-state index in [-0.39, 0.29) is 0 Å². The van der Waals surface area contributed by atoms with Crippen LogP contribution in [0.1, 0.15) is 36.3 Å². The second-order valence-electron chi connectivity index (χ2n) is 5.70. The maximum atomic E-state index is 5.89. The van der Waals surface area contributed by atoms with Gasteiger partial charge < -0.3 is 9.73 Å². The van der Waals surface area contributed by atoms with E-state index in [1.54, 1.807) is 0 Å². The quantitative estimate of drug-likeness (QED) is 0.814. The maximum absolute atomic E-state index is 5.89. The molecule has 1 aliphatic rings. The third-order valence-electron chi connectivity index (χ3n) is 4.00. The van der Waals surface area contributed by atoms with E-state index in [2.05, 4.69) is 42.3 Å². The molecule has 0 unspecified atom stereocenters. The molecule has 3 nitrogen and oxygen atoms in total. The number of oxazole rings is 1. The Balaban J connectivity index is 1.62. The van der Waals surface area contributed by atoms with E-state index >= 15 is 0 Å². The fourth-order valence-corrected chi connectivity index (χ4v) is 2.40. The normalized spacial score (nSPS) is 14.7. The van der Waals surface area contributed by atoms with Gasteiger partial charge in [0.25, 0.3) is 0 Å². The first kappa shape index (κ1) is 13.4. The molecule has 1 aromatic heterocycles. The third-order valence-corrected chi connectivity index (χ3v) is 4.00. The van der Waals surface area contributed by atoms with Crippen LogP contribution in [0.3, 0.4) is 0 Å². The Kier molecular flexibility index (Phi) is 3.88. The van der Waals surface area contributed by atoms with Gasteiger partial charge in [0.05, 0.1) is 6.20 Å². The van der Waals surface area contributed by atoms with E-state index in [0.29, 0.717) is 0 Å². The molecule has 3 rings (SSSR count). The molecular weight excluding hydrogens is 248 g/mol. The van der Waals surface area contributed by atoms with Gasteiger partial charge in [-0.25, -0.2) is 4.98 Å². The summed E-state index contributed by atoms with van der Waals surface area (Å²) in [7, 11) is 0. The first-order chi connectivity index (χ1) is 9.74. The van der Waals surface area contributed by atoms with Crippen molar-refractivity contribution in [2.45, 2.75) is 45.6 Å². The molecular formula is C17H22N2O. The highest BCUT2D eigenvalue weighted by Crippen LogP contribution is 2.26. The van der Waals surface area contributed by atoms with Crippen LogP contribution in [0.4, 0.5) is 0 Å². The predicted octanol–water partition coefficient (Wildman–Crippen LogP) is 3.64. The summed E-state index contributed by atoms with van der Waals surface area (Å²) >= 11 is 0. The summed E-state index contributed by atoms with van der Waals surface area (Å²) in [5, 5.41) is 3.51. The Morgan fingerprint density at radius 3 is 2.95 bits per heavy atom. The third kappa shape index (κ3) is 3.10. The monoisotopic (exact) mass is 270 g/mol. The Bertz CT molecular complexity index is 584. The van der Waals surface area contributed by atoms with E-state index in [1.807, 2.05) is 6.20 Å². The SMILES string of the molecule is Cc1cccc(-c2cnc(CCCNC3CC3)o2)c1C. The molecule has 1 fully saturated rings. The van der Waals surface area contributed by atoms with Gasteiger partial charge in [0.1, 0.15) is 0 Å². The van der Waals surface area contributed by atoms with Crippen LogP contribution in [0.5, 0.6) is 0 Å². The Morgan fingerprint density at radius 1 is 1.30 bits per heavy atom. The van der Waals surface area contributed by atoms with Crippen molar-refractivity contribution in [3.05, 3.63) is 41.4 Å². The summed E-state index contributed by atoms with van der Waals surface area (Å²) in [6, 6.07) is 7.07. The highest BCUT2D eigenvalue weighted by molar-refractivity contribution is 5.62. The average Bonchev–Trinajstić information content (AvgIpc) is 3.15. The molecule has 3 heteroatoms. The van der Waals surface area contributed by atoms with Crippen LogP contribution in [0, 0.1) is 13.8 Å². The van der Waals surface area contributed by atoms with Gasteiger partial charge in [0.15, 0.2) is 11.7 Å². The van der Waals surface area contributed by atoms with E-state index in [9.17, 15) is 0 Å². The van der Waals surface area contributed by atoms with Gasteiger partial charge in [0, 0.05) is 18.0 Å². The molecule has 20 heavy (non-hydrogen) atoms. The molecule has 106 valence electrons. The van der Waals surface area contributed by atoms with Gasteiger partial charge in [-0.15, -0.1) is 0 Å². The molecule has 0 spiro atoms. The number of hydrogen-bond donors (Lipinski definition) is 1. The van der Waals surface area contributed by atoms with Gasteiger partial charge in [-0.1, -0.05) is 18.2 Å². The maximum Gasteiger partial charge on any atom is 0.194 e. The van der Waals surface area contributed by atoms with E-state index in [1.165, 1.54) is 24.0 Å². The fraction of sp³-hybridized carbons (Fsp3) is 0.471. The Hall–Kier alpha value is -1.61. The second kappa shape index (κ2) is 5.80. The standard InChI is InChI=1S/C17H22N2O/c1-12-5-3-6-15(13(12)2)16-11-19-17(20-16)7-4-10-18-14-8-9-14/h3,5-6,11,14,18H,4,7-10H2,1-2H3. The van der Waals surface area contributed by atoms with Crippen LogP contribution < -0.4 is 5.32 Å². The topological polar surface area (TPSA) is 38.1 Å². The van der Waals surface area contributed by atoms with Crippen LogP contribution in [0.25, 0.3) is 11.3 Å². The van der Waals surface area contributed by atoms with Crippen LogP contribution in [0.2, 0.25) is 0 Å². The van der Waals surface area contributed by atoms with Crippen LogP contribution in [-0.2, 0) is 6.42 Å². The van der Waals surface area contributed by atoms with Gasteiger partial charge in [-0.05, 0) is 50.8 Å². The van der Waals surface area contributed by atoms with Crippen molar-refractivity contribution in [1.82, 2.24) is 10.3 Å². The van der Waals surface area contributed by atoms with E-state index in [4.69, 9.17) is 4.42 Å². The highest BCUT2D eigenvalue weighted by Gasteiger charge is 2.19. The van der Waals surface area contributed by atoms with Crippen molar-refractivity contribution in [1.29, 1.82) is 0 Å². The van der Waals surface area contributed by atoms with Crippen molar-refractivity contribution in [2.24, 2.45) is 0 Å². The molecule has 1 N–H and O–H groups in total. The number of aromatic nitrogens is 1. The number of nitrogens with one attached hydrogen (secondary N) is 1. The van der Waals surface area contributed by atoms with Gasteiger partial charge in [-0.3, -0.25) is 0 Å². The first-order valence-corrected chi connectivity index (χ1v) is 7.49. The van der Waals surface area contributed by atoms with Gasteiger partial charge in [-0.2, -0.15) is 0 Å². The Morgan fingerprint density at radius 2 is 2.15 bits per heavy atom. The van der Waals surface area contributed by atoms with Crippen molar-refractivity contribution >= 4 is 0 Å². The molecule has 1 saturated carbocycles. The van der Waals surface area contributed by atoms with Crippen LogP contribution in [0.15, 0.2) is 28.8 Å². The molecule has 2 aromatic rings. The minimum absolute atomic E-state index is 0.782. The summed E-state index contributed by atoms with van der Waals surface area (Å²) in [4.78, 5) is 4.40. The molecule has 0 amide bonds. The fourth-order valence-electron chi connectivity index (χ4n) is 2.40. The van der Waals surface area contributed by atoms with Crippen LogP contribution >= 0.6 is 0 Å². The molecule has 0 aliphatic heterocycles. The lowest BCUT2D eigenvalue weighted by atomic mass is 10.0. The molecule has 0 bridgehead atoms. The molecule has 0 radical (unpaired) electrons. The smallest absolute Gasteiger partial charge is 0.194 e. The minimum atomic E-state index is 0.782. The summed E-state index contributed by atoms with van der Waals surface area (Å²) in [6.45, 7) is 5.32. The zero-order valence-corrected chi connectivity index (χ0v) is 12.3. The molecule has 1 aliphatic carbocycles. The lowest BCUT2D eigenvalue weighted by Crippen LogP contribution is -2.17. The largest absolute Gasteiger partial charge is 0.441 e. The summed E-state index contributed by atoms with van der Waals surface area (Å²) in [5.74, 6) is 1.73. The van der Waals surface area contributed by atoms with Crippen molar-refractivity contribution in [2.75, 3.05) is 6.54 Å². The van der Waals surface area contributed by atoms with Crippen molar-refractivity contribution in [3.8, 4) is 11.3 Å². The minimum Gasteiger partial charge on any atom is -0.441 e. The number of hydrogen-bond acceptors (Lipinski definition) is 3. The van der Waals surface area contributed by atoms with Gasteiger partial charge >= 0.3 is 0 Å². The number of rotatable bonds is 6. The lowest BCUT2D eigenvalue weighted by molar-refractivity contribution is 0.491. The number of benzene rings is 1. The second-order valence-corrected chi connectivity index (χ2v) is 5.70. The lowest BCUT2D eigenvalue weighted by Gasteiger charge is -2.05. The summed E-state index contributed by atoms with van der Waals surface area (Å²) in [6.07, 6.45) is 6.53. The van der Waals surface area contributed by atoms with Crippen molar-refractivity contribution < 1.29 is 4.42 Å². The Labute approximate surface area is 120 Å². The molecule has 1 heterocycles. The first-order valence-electron chi connectivity index (χ1n) is 7.49. The van der Waals surface area contributed by atoms with E-state index in [0.717, 1.165) is 42.6 Å². The van der Waals surface area contributed by atoms with Crippen LogP contribution in [-0.4, -0.2) is 17.6 Å². The number of nitrogens with zero attached hydrogens (tertiary/aromatic N) is 1. The zero-order chi connectivity index (χ0) is 13.9. The number of aryl methyl sites for hydroxylation is 2. The predicted molar refractivity (Wildman–Crippen MR) is 80.8 cm³/mol. The molecule has 1 aromatic carbocycles. The molecule has 0 saturated heterocycles. The zero-order valence-electron chi connectivity index (χ0n) is 12.3. The summed E-state index contributed by atoms with van der Waals surface area (Å²) in [5.41, 5.74) is 3.71. The van der Waals surface area contributed by atoms with E-state index < -0.39 is 0 Å². The summed E-state index contributed by atoms with van der Waals surface area (Å²) < 4.78 is 5.89. The average molecular weight is 270 g/mol. The van der Waals surface area contributed by atoms with Crippen molar-refractivity contribution in [3.63, 3.8) is 0 Å². The molecule has 0 atom stereocenters.